The van der Waals surface area contributed by atoms with Crippen LogP contribution in [0.3, 0.4) is 0 Å². The Bertz CT molecular complexity index is 460. The third kappa shape index (κ3) is 3.67. The molecule has 4 nitrogen and oxygen atoms in total. The highest BCUT2D eigenvalue weighted by Crippen LogP contribution is 2.32. The van der Waals surface area contributed by atoms with Crippen molar-refractivity contribution < 1.29 is 19.0 Å². The van der Waals surface area contributed by atoms with Crippen LogP contribution in [0.2, 0.25) is 0 Å². The Morgan fingerprint density at radius 2 is 2.26 bits per heavy atom. The van der Waals surface area contributed by atoms with E-state index in [9.17, 15) is 9.18 Å². The van der Waals surface area contributed by atoms with E-state index in [1.807, 2.05) is 0 Å². The highest BCUT2D eigenvalue weighted by molar-refractivity contribution is 5.66. The molecule has 2 rings (SSSR count). The van der Waals surface area contributed by atoms with Crippen LogP contribution in [-0.4, -0.2) is 17.2 Å². The Morgan fingerprint density at radius 3 is 2.84 bits per heavy atom. The zero-order valence-electron chi connectivity index (χ0n) is 10.6. The number of nitrogens with two attached hydrogens (primary N) is 1. The molecule has 1 aromatic carbocycles. The normalized spacial score (nSPS) is 16.7. The fraction of sp³-hybridized carbons (Fsp3) is 0.500. The molecule has 19 heavy (non-hydrogen) atoms. The molecule has 1 aliphatic carbocycles. The molecule has 104 valence electrons. The molecule has 0 heterocycles. The van der Waals surface area contributed by atoms with Gasteiger partial charge in [0.05, 0.1) is 6.10 Å². The Labute approximate surface area is 111 Å². The molecule has 0 bridgehead atoms. The van der Waals surface area contributed by atoms with Gasteiger partial charge in [-0.1, -0.05) is 0 Å². The highest BCUT2D eigenvalue weighted by atomic mass is 19.1. The van der Waals surface area contributed by atoms with Crippen molar-refractivity contribution >= 4 is 5.97 Å². The van der Waals surface area contributed by atoms with Crippen LogP contribution in [0.5, 0.6) is 5.75 Å². The number of carboxylic acid groups (broad SMARTS) is 1. The zero-order valence-corrected chi connectivity index (χ0v) is 10.6. The standard InChI is InChI=1S/C14H18FNO3/c15-9-4-6-13(19-10-2-1-3-10)11(8-9)12(16)5-7-14(17)18/h4,6,8,10,12H,1-3,5,7,16H2,(H,17,18). The minimum atomic E-state index is -0.909. The molecule has 0 saturated heterocycles. The Balaban J connectivity index is 2.10. The number of aliphatic carboxylic acids is 1. The third-order valence-corrected chi connectivity index (χ3v) is 3.39. The summed E-state index contributed by atoms with van der Waals surface area (Å²) >= 11 is 0. The molecule has 0 aromatic heterocycles. The van der Waals surface area contributed by atoms with Crippen LogP contribution >= 0.6 is 0 Å². The summed E-state index contributed by atoms with van der Waals surface area (Å²) in [5.74, 6) is -0.723. The molecular weight excluding hydrogens is 249 g/mol. The summed E-state index contributed by atoms with van der Waals surface area (Å²) in [4.78, 5) is 10.6. The van der Waals surface area contributed by atoms with Gasteiger partial charge in [-0.2, -0.15) is 0 Å². The second kappa shape index (κ2) is 6.02. The number of ether oxygens (including phenoxy) is 1. The molecule has 0 aliphatic heterocycles. The van der Waals surface area contributed by atoms with Gasteiger partial charge in [-0.25, -0.2) is 4.39 Å². The summed E-state index contributed by atoms with van der Waals surface area (Å²) in [5, 5.41) is 8.66. The van der Waals surface area contributed by atoms with Gasteiger partial charge in [0.15, 0.2) is 0 Å². The fourth-order valence-electron chi connectivity index (χ4n) is 2.02. The molecule has 0 spiro atoms. The molecule has 5 heteroatoms. The second-order valence-electron chi connectivity index (χ2n) is 4.89. The van der Waals surface area contributed by atoms with Crippen molar-refractivity contribution in [2.24, 2.45) is 5.73 Å². The summed E-state index contributed by atoms with van der Waals surface area (Å²) in [7, 11) is 0. The minimum Gasteiger partial charge on any atom is -0.490 e. The lowest BCUT2D eigenvalue weighted by molar-refractivity contribution is -0.137. The first-order valence-electron chi connectivity index (χ1n) is 6.49. The van der Waals surface area contributed by atoms with E-state index in [2.05, 4.69) is 0 Å². The zero-order chi connectivity index (χ0) is 13.8. The summed E-state index contributed by atoms with van der Waals surface area (Å²) in [6.45, 7) is 0. The van der Waals surface area contributed by atoms with Crippen LogP contribution in [0.4, 0.5) is 4.39 Å². The maximum Gasteiger partial charge on any atom is 0.303 e. The SMILES string of the molecule is NC(CCC(=O)O)c1cc(F)ccc1OC1CCC1. The molecule has 1 aliphatic rings. The smallest absolute Gasteiger partial charge is 0.303 e. The maximum atomic E-state index is 13.3. The lowest BCUT2D eigenvalue weighted by Crippen LogP contribution is -2.26. The number of halogens is 1. The van der Waals surface area contributed by atoms with Crippen molar-refractivity contribution in [1.82, 2.24) is 0 Å². The quantitative estimate of drug-likeness (QED) is 0.831. The summed E-state index contributed by atoms with van der Waals surface area (Å²) in [5.41, 5.74) is 6.49. The predicted octanol–water partition coefficient (Wildman–Crippen LogP) is 2.62. The molecular formula is C14H18FNO3. The van der Waals surface area contributed by atoms with Crippen LogP contribution in [-0.2, 0) is 4.79 Å². The first kappa shape index (κ1) is 13.8. The van der Waals surface area contributed by atoms with Gasteiger partial charge in [0.25, 0.3) is 0 Å². The summed E-state index contributed by atoms with van der Waals surface area (Å²) in [6, 6.07) is 3.72. The van der Waals surface area contributed by atoms with Crippen molar-refractivity contribution in [2.45, 2.75) is 44.2 Å². The monoisotopic (exact) mass is 267 g/mol. The van der Waals surface area contributed by atoms with Crippen molar-refractivity contribution in [3.63, 3.8) is 0 Å². The van der Waals surface area contributed by atoms with Crippen LogP contribution in [0.15, 0.2) is 18.2 Å². The predicted molar refractivity (Wildman–Crippen MR) is 68.5 cm³/mol. The van der Waals surface area contributed by atoms with Gasteiger partial charge in [-0.3, -0.25) is 4.79 Å². The number of benzene rings is 1. The molecule has 1 aromatic rings. The Hall–Kier alpha value is -1.62. The molecule has 0 radical (unpaired) electrons. The molecule has 1 saturated carbocycles. The van der Waals surface area contributed by atoms with Gasteiger partial charge in [-0.15, -0.1) is 0 Å². The van der Waals surface area contributed by atoms with Crippen LogP contribution < -0.4 is 10.5 Å². The fourth-order valence-corrected chi connectivity index (χ4v) is 2.02. The van der Waals surface area contributed by atoms with Gasteiger partial charge < -0.3 is 15.6 Å². The van der Waals surface area contributed by atoms with E-state index in [1.165, 1.54) is 12.1 Å². The topological polar surface area (TPSA) is 72.6 Å². The van der Waals surface area contributed by atoms with Crippen LogP contribution in [0, 0.1) is 5.82 Å². The summed E-state index contributed by atoms with van der Waals surface area (Å²) < 4.78 is 19.1. The molecule has 1 atom stereocenters. The first-order chi connectivity index (χ1) is 9.06. The average molecular weight is 267 g/mol. The van der Waals surface area contributed by atoms with E-state index in [0.717, 1.165) is 19.3 Å². The Morgan fingerprint density at radius 1 is 1.53 bits per heavy atom. The van der Waals surface area contributed by atoms with E-state index in [-0.39, 0.29) is 24.8 Å². The van der Waals surface area contributed by atoms with E-state index in [1.54, 1.807) is 6.07 Å². The van der Waals surface area contributed by atoms with Crippen molar-refractivity contribution in [3.8, 4) is 5.75 Å². The van der Waals surface area contributed by atoms with Crippen LogP contribution in [0.25, 0.3) is 0 Å². The molecule has 0 amide bonds. The van der Waals surface area contributed by atoms with Gasteiger partial charge >= 0.3 is 5.97 Å². The number of hydrogen-bond donors (Lipinski definition) is 2. The van der Waals surface area contributed by atoms with Crippen LogP contribution in [0.1, 0.15) is 43.7 Å². The van der Waals surface area contributed by atoms with E-state index >= 15 is 0 Å². The van der Waals surface area contributed by atoms with Crippen molar-refractivity contribution in [2.75, 3.05) is 0 Å². The number of rotatable bonds is 6. The molecule has 1 unspecified atom stereocenters. The average Bonchev–Trinajstić information content (AvgIpc) is 2.32. The highest BCUT2D eigenvalue weighted by Gasteiger charge is 2.22. The van der Waals surface area contributed by atoms with E-state index < -0.39 is 12.0 Å². The molecule has 3 N–H and O–H groups in total. The lowest BCUT2D eigenvalue weighted by Gasteiger charge is -2.28. The van der Waals surface area contributed by atoms with E-state index in [4.69, 9.17) is 15.6 Å². The van der Waals surface area contributed by atoms with E-state index in [0.29, 0.717) is 11.3 Å². The number of hydrogen-bond acceptors (Lipinski definition) is 3. The van der Waals surface area contributed by atoms with Gasteiger partial charge in [-0.05, 0) is 43.9 Å². The second-order valence-corrected chi connectivity index (χ2v) is 4.89. The largest absolute Gasteiger partial charge is 0.490 e. The maximum absolute atomic E-state index is 13.3. The van der Waals surface area contributed by atoms with Crippen molar-refractivity contribution in [3.05, 3.63) is 29.6 Å². The number of carboxylic acids is 1. The Kier molecular flexibility index (Phi) is 4.37. The minimum absolute atomic E-state index is 0.0411. The van der Waals surface area contributed by atoms with Crippen molar-refractivity contribution in [1.29, 1.82) is 0 Å². The third-order valence-electron chi connectivity index (χ3n) is 3.39. The van der Waals surface area contributed by atoms with Gasteiger partial charge in [0, 0.05) is 18.0 Å². The first-order valence-corrected chi connectivity index (χ1v) is 6.49. The van der Waals surface area contributed by atoms with Gasteiger partial charge in [0.2, 0.25) is 0 Å². The number of carbonyl (C=O) groups is 1. The molecule has 1 fully saturated rings. The summed E-state index contributed by atoms with van der Waals surface area (Å²) in [6.07, 6.45) is 3.55. The van der Waals surface area contributed by atoms with Gasteiger partial charge in [0.1, 0.15) is 11.6 Å². The lowest BCUT2D eigenvalue weighted by atomic mass is 9.95.